The van der Waals surface area contributed by atoms with E-state index in [1.54, 1.807) is 18.4 Å². The normalized spacial score (nSPS) is 28.1. The van der Waals surface area contributed by atoms with Gasteiger partial charge in [0.2, 0.25) is 5.91 Å². The molecule has 3 nitrogen and oxygen atoms in total. The summed E-state index contributed by atoms with van der Waals surface area (Å²) in [5, 5.41) is 8.00. The largest absolute Gasteiger partial charge is 0.303 e. The van der Waals surface area contributed by atoms with Crippen molar-refractivity contribution in [2.24, 2.45) is 0 Å². The zero-order chi connectivity index (χ0) is 14.5. The SMILES string of the molecule is CN1C(=N)C[C@](C)(c2sc(Br)c(Br)c2Br)[C@@H](Br)C1=O. The molecule has 1 saturated heterocycles. The van der Waals surface area contributed by atoms with Gasteiger partial charge in [-0.05, 0) is 47.8 Å². The molecule has 0 unspecified atom stereocenters. The molecule has 104 valence electrons. The van der Waals surface area contributed by atoms with E-state index in [0.29, 0.717) is 12.3 Å². The van der Waals surface area contributed by atoms with Crippen molar-refractivity contribution in [3.63, 3.8) is 0 Å². The standard InChI is InChI=1S/C11H10Br4N2OS/c1-11(8-5(12)6(13)9(15)19-8)3-4(16)17(2)10(18)7(11)14/h7,16H,3H2,1-2H3/t7-,11-/m0/s1. The fourth-order valence-electron chi connectivity index (χ4n) is 2.06. The van der Waals surface area contributed by atoms with Crippen LogP contribution >= 0.6 is 75.1 Å². The highest BCUT2D eigenvalue weighted by Gasteiger charge is 2.48. The highest BCUT2D eigenvalue weighted by Crippen LogP contribution is 2.51. The number of piperidine rings is 1. The van der Waals surface area contributed by atoms with Crippen LogP contribution in [0.5, 0.6) is 0 Å². The van der Waals surface area contributed by atoms with Crippen molar-refractivity contribution in [3.8, 4) is 0 Å². The molecule has 1 aromatic rings. The smallest absolute Gasteiger partial charge is 0.242 e. The highest BCUT2D eigenvalue weighted by atomic mass is 79.9. The lowest BCUT2D eigenvalue weighted by Crippen LogP contribution is -2.54. The second-order valence-corrected chi connectivity index (χ2v) is 9.47. The summed E-state index contributed by atoms with van der Waals surface area (Å²) >= 11 is 15.7. The molecule has 1 N–H and O–H groups in total. The predicted molar refractivity (Wildman–Crippen MR) is 92.6 cm³/mol. The monoisotopic (exact) mass is 534 g/mol. The molecule has 0 spiro atoms. The van der Waals surface area contributed by atoms with E-state index < -0.39 is 5.41 Å². The Hall–Kier alpha value is 0.760. The van der Waals surface area contributed by atoms with Gasteiger partial charge in [0.25, 0.3) is 0 Å². The number of amides is 1. The van der Waals surface area contributed by atoms with E-state index in [4.69, 9.17) is 5.41 Å². The average Bonchev–Trinajstić information content (AvgIpc) is 2.62. The van der Waals surface area contributed by atoms with Gasteiger partial charge in [0, 0.05) is 28.2 Å². The number of likely N-dealkylation sites (tertiary alicyclic amines) is 1. The third-order valence-corrected chi connectivity index (χ3v) is 10.0. The van der Waals surface area contributed by atoms with Crippen LogP contribution in [-0.4, -0.2) is 28.5 Å². The first-order valence-corrected chi connectivity index (χ1v) is 9.44. The Bertz CT molecular complexity index is 573. The van der Waals surface area contributed by atoms with Gasteiger partial charge in [0.15, 0.2) is 0 Å². The number of alkyl halides is 1. The molecule has 0 saturated carbocycles. The summed E-state index contributed by atoms with van der Waals surface area (Å²) in [4.78, 5) is 14.4. The van der Waals surface area contributed by atoms with Crippen molar-refractivity contribution in [3.05, 3.63) is 17.6 Å². The minimum absolute atomic E-state index is 0.0775. The van der Waals surface area contributed by atoms with Crippen LogP contribution in [-0.2, 0) is 10.2 Å². The van der Waals surface area contributed by atoms with Crippen LogP contribution in [0.4, 0.5) is 0 Å². The van der Waals surface area contributed by atoms with Gasteiger partial charge in [-0.15, -0.1) is 11.3 Å². The number of thiophene rings is 1. The first kappa shape index (κ1) is 16.1. The number of halogens is 4. The van der Waals surface area contributed by atoms with Gasteiger partial charge in [-0.25, -0.2) is 0 Å². The number of carbonyl (C=O) groups excluding carboxylic acids is 1. The van der Waals surface area contributed by atoms with E-state index in [9.17, 15) is 4.79 Å². The van der Waals surface area contributed by atoms with Crippen LogP contribution in [0, 0.1) is 5.41 Å². The summed E-state index contributed by atoms with van der Waals surface area (Å²) in [6.07, 6.45) is 0.517. The van der Waals surface area contributed by atoms with Gasteiger partial charge in [-0.1, -0.05) is 22.9 Å². The molecule has 2 heterocycles. The Morgan fingerprint density at radius 2 is 1.95 bits per heavy atom. The Kier molecular flexibility index (Phi) is 4.68. The fraction of sp³-hybridized carbons (Fsp3) is 0.455. The van der Waals surface area contributed by atoms with Gasteiger partial charge in [-0.3, -0.25) is 10.2 Å². The van der Waals surface area contributed by atoms with Crippen LogP contribution in [0.15, 0.2) is 12.7 Å². The molecule has 1 amide bonds. The van der Waals surface area contributed by atoms with E-state index in [1.165, 1.54) is 4.90 Å². The quantitative estimate of drug-likeness (QED) is 0.509. The molecule has 1 aliphatic heterocycles. The van der Waals surface area contributed by atoms with Crippen molar-refractivity contribution in [2.45, 2.75) is 23.6 Å². The molecule has 0 aliphatic carbocycles. The van der Waals surface area contributed by atoms with Crippen molar-refractivity contribution >= 4 is 86.8 Å². The molecule has 1 aromatic heterocycles. The highest BCUT2D eigenvalue weighted by molar-refractivity contribution is 9.14. The molecule has 1 fully saturated rings. The lowest BCUT2D eigenvalue weighted by molar-refractivity contribution is -0.128. The van der Waals surface area contributed by atoms with Crippen LogP contribution in [0.3, 0.4) is 0 Å². The van der Waals surface area contributed by atoms with E-state index >= 15 is 0 Å². The summed E-state index contributed by atoms with van der Waals surface area (Å²) in [6, 6.07) is 0. The van der Waals surface area contributed by atoms with Crippen LogP contribution in [0.25, 0.3) is 0 Å². The minimum Gasteiger partial charge on any atom is -0.303 e. The summed E-state index contributed by atoms with van der Waals surface area (Å²) in [6.45, 7) is 2.02. The molecule has 0 radical (unpaired) electrons. The van der Waals surface area contributed by atoms with Gasteiger partial charge in [0.05, 0.1) is 8.26 Å². The van der Waals surface area contributed by atoms with Crippen molar-refractivity contribution in [1.29, 1.82) is 5.41 Å². The van der Waals surface area contributed by atoms with Crippen LogP contribution < -0.4 is 0 Å². The molecule has 0 aromatic carbocycles. The van der Waals surface area contributed by atoms with E-state index in [-0.39, 0.29) is 10.7 Å². The van der Waals surface area contributed by atoms with E-state index in [2.05, 4.69) is 63.7 Å². The summed E-state index contributed by atoms with van der Waals surface area (Å²) in [7, 11) is 1.65. The third kappa shape index (κ3) is 2.52. The van der Waals surface area contributed by atoms with Crippen LogP contribution in [0.1, 0.15) is 18.2 Å². The van der Waals surface area contributed by atoms with Gasteiger partial charge < -0.3 is 4.90 Å². The maximum absolute atomic E-state index is 12.2. The number of carbonyl (C=O) groups is 1. The molecular formula is C11H10Br4N2OS. The Morgan fingerprint density at radius 1 is 1.37 bits per heavy atom. The van der Waals surface area contributed by atoms with Crippen LogP contribution in [0.2, 0.25) is 0 Å². The van der Waals surface area contributed by atoms with E-state index in [1.807, 2.05) is 6.92 Å². The fourth-order valence-corrected chi connectivity index (χ4v) is 6.44. The number of nitrogens with zero attached hydrogens (tertiary/aromatic N) is 1. The number of hydrogen-bond acceptors (Lipinski definition) is 3. The minimum atomic E-state index is -0.432. The molecule has 0 bridgehead atoms. The number of nitrogens with one attached hydrogen (secondary N) is 1. The van der Waals surface area contributed by atoms with Gasteiger partial charge in [-0.2, -0.15) is 0 Å². The summed E-state index contributed by atoms with van der Waals surface area (Å²) < 4.78 is 2.88. The molecule has 2 rings (SSSR count). The predicted octanol–water partition coefficient (Wildman–Crippen LogP) is 4.90. The molecule has 1 aliphatic rings. The number of hydrogen-bond donors (Lipinski definition) is 1. The first-order chi connectivity index (χ1) is 8.70. The summed E-state index contributed by atoms with van der Waals surface area (Å²) in [5.41, 5.74) is -0.432. The maximum atomic E-state index is 12.2. The Morgan fingerprint density at radius 3 is 2.42 bits per heavy atom. The number of rotatable bonds is 1. The molecule has 8 heteroatoms. The topological polar surface area (TPSA) is 44.2 Å². The van der Waals surface area contributed by atoms with Gasteiger partial charge in [0.1, 0.15) is 10.7 Å². The molecule has 2 atom stereocenters. The second-order valence-electron chi connectivity index (χ2n) is 4.63. The second kappa shape index (κ2) is 5.51. The Labute approximate surface area is 149 Å². The molecule has 19 heavy (non-hydrogen) atoms. The van der Waals surface area contributed by atoms with Gasteiger partial charge >= 0.3 is 0 Å². The zero-order valence-corrected chi connectivity index (χ0v) is 17.2. The average molecular weight is 538 g/mol. The number of amidine groups is 1. The maximum Gasteiger partial charge on any atom is 0.242 e. The summed E-state index contributed by atoms with van der Waals surface area (Å²) in [5.74, 6) is 0.266. The lowest BCUT2D eigenvalue weighted by Gasteiger charge is -2.41. The van der Waals surface area contributed by atoms with Crippen molar-refractivity contribution in [2.75, 3.05) is 7.05 Å². The first-order valence-electron chi connectivity index (χ1n) is 5.33. The van der Waals surface area contributed by atoms with E-state index in [0.717, 1.165) is 17.6 Å². The zero-order valence-electron chi connectivity index (χ0n) is 10.1. The molecular weight excluding hydrogens is 528 g/mol. The Balaban J connectivity index is 2.55. The lowest BCUT2D eigenvalue weighted by atomic mass is 9.78. The van der Waals surface area contributed by atoms with Crippen molar-refractivity contribution in [1.82, 2.24) is 4.90 Å². The third-order valence-electron chi connectivity index (χ3n) is 3.32. The van der Waals surface area contributed by atoms with Crippen molar-refractivity contribution < 1.29 is 4.79 Å².